The number of primary amides is 1. The van der Waals surface area contributed by atoms with Crippen LogP contribution in [0.15, 0.2) is 11.4 Å². The number of thioether (sulfide) groups is 1. The molecule has 6 heteroatoms. The molecule has 0 radical (unpaired) electrons. The minimum Gasteiger partial charge on any atom is -0.369 e. The molecule has 1 aliphatic carbocycles. The molecule has 106 valence electrons. The van der Waals surface area contributed by atoms with E-state index in [0.29, 0.717) is 0 Å². The number of nitrogens with two attached hydrogens (primary N) is 1. The van der Waals surface area contributed by atoms with Crippen LogP contribution in [-0.4, -0.2) is 21.1 Å². The van der Waals surface area contributed by atoms with Crippen LogP contribution < -0.4 is 5.73 Å². The van der Waals surface area contributed by atoms with E-state index < -0.39 is 0 Å². The molecular formula is C14H17N3OS2. The first-order chi connectivity index (χ1) is 9.56. The highest BCUT2D eigenvalue weighted by Gasteiger charge is 2.24. The van der Waals surface area contributed by atoms with Gasteiger partial charge in [-0.3, -0.25) is 4.79 Å². The van der Waals surface area contributed by atoms with Gasteiger partial charge in [-0.25, -0.2) is 9.97 Å². The summed E-state index contributed by atoms with van der Waals surface area (Å²) in [5.74, 6) is 0.434. The van der Waals surface area contributed by atoms with Gasteiger partial charge in [0.2, 0.25) is 5.91 Å². The Morgan fingerprint density at radius 3 is 3.10 bits per heavy atom. The number of hydrogen-bond acceptors (Lipinski definition) is 5. The summed E-state index contributed by atoms with van der Waals surface area (Å²) >= 11 is 3.21. The number of carbonyl (C=O) groups excluding carboxylic acids is 1. The molecule has 0 bridgehead atoms. The number of rotatable bonds is 3. The van der Waals surface area contributed by atoms with Crippen LogP contribution in [0.2, 0.25) is 0 Å². The van der Waals surface area contributed by atoms with Crippen molar-refractivity contribution in [2.75, 3.05) is 0 Å². The molecule has 2 aromatic rings. The molecule has 2 atom stereocenters. The van der Waals surface area contributed by atoms with Gasteiger partial charge in [-0.15, -0.1) is 11.3 Å². The summed E-state index contributed by atoms with van der Waals surface area (Å²) in [6.45, 7) is 4.12. The van der Waals surface area contributed by atoms with E-state index in [-0.39, 0.29) is 11.2 Å². The second-order valence-electron chi connectivity index (χ2n) is 5.37. The minimum atomic E-state index is -0.306. The number of aryl methyl sites for hydroxylation is 1. The lowest BCUT2D eigenvalue weighted by atomic mass is 9.89. The Labute approximate surface area is 126 Å². The zero-order valence-corrected chi connectivity index (χ0v) is 13.2. The Morgan fingerprint density at radius 1 is 1.55 bits per heavy atom. The molecule has 0 aromatic carbocycles. The van der Waals surface area contributed by atoms with Crippen LogP contribution in [0.25, 0.3) is 10.2 Å². The summed E-state index contributed by atoms with van der Waals surface area (Å²) in [4.78, 5) is 22.5. The summed E-state index contributed by atoms with van der Waals surface area (Å²) in [7, 11) is 0. The van der Waals surface area contributed by atoms with E-state index in [1.165, 1.54) is 28.6 Å². The standard InChI is InChI=1S/C14H17N3OS2/c1-7-3-4-9-10(5-7)20-14-11(9)13(16-6-17-14)19-8(2)12(15)18/h6-8H,3-5H2,1-2H3,(H2,15,18)/t7-,8+/m0/s1. The Morgan fingerprint density at radius 2 is 2.35 bits per heavy atom. The first-order valence-corrected chi connectivity index (χ1v) is 8.47. The molecule has 3 rings (SSSR count). The monoisotopic (exact) mass is 307 g/mol. The lowest BCUT2D eigenvalue weighted by Crippen LogP contribution is -2.22. The Balaban J connectivity index is 2.07. The van der Waals surface area contributed by atoms with Crippen molar-refractivity contribution in [3.05, 3.63) is 16.8 Å². The zero-order valence-electron chi connectivity index (χ0n) is 11.5. The van der Waals surface area contributed by atoms with Gasteiger partial charge in [0.05, 0.1) is 5.25 Å². The number of hydrogen-bond donors (Lipinski definition) is 1. The van der Waals surface area contributed by atoms with Crippen LogP contribution >= 0.6 is 23.1 Å². The number of amides is 1. The smallest absolute Gasteiger partial charge is 0.230 e. The number of nitrogens with zero attached hydrogens (tertiary/aromatic N) is 2. The molecule has 4 nitrogen and oxygen atoms in total. The van der Waals surface area contributed by atoms with Crippen LogP contribution in [-0.2, 0) is 17.6 Å². The largest absolute Gasteiger partial charge is 0.369 e. The van der Waals surface area contributed by atoms with E-state index in [0.717, 1.165) is 34.0 Å². The number of thiophene rings is 1. The first-order valence-electron chi connectivity index (χ1n) is 6.77. The van der Waals surface area contributed by atoms with Crippen molar-refractivity contribution in [1.29, 1.82) is 0 Å². The predicted molar refractivity (Wildman–Crippen MR) is 83.1 cm³/mol. The molecule has 20 heavy (non-hydrogen) atoms. The Bertz CT molecular complexity index is 668. The van der Waals surface area contributed by atoms with E-state index in [1.807, 2.05) is 6.92 Å². The van der Waals surface area contributed by atoms with Gasteiger partial charge in [0.25, 0.3) is 0 Å². The molecular weight excluding hydrogens is 290 g/mol. The third-order valence-electron chi connectivity index (χ3n) is 3.75. The molecule has 0 unspecified atom stereocenters. The molecule has 0 saturated heterocycles. The highest BCUT2D eigenvalue weighted by Crippen LogP contribution is 2.41. The molecule has 1 aliphatic rings. The van der Waals surface area contributed by atoms with Crippen LogP contribution in [0.1, 0.15) is 30.7 Å². The van der Waals surface area contributed by atoms with Gasteiger partial charge in [-0.05, 0) is 37.7 Å². The van der Waals surface area contributed by atoms with Gasteiger partial charge in [-0.2, -0.15) is 0 Å². The third-order valence-corrected chi connectivity index (χ3v) is 6.03. The maximum absolute atomic E-state index is 11.3. The lowest BCUT2D eigenvalue weighted by Gasteiger charge is -2.18. The second-order valence-corrected chi connectivity index (χ2v) is 7.79. The second kappa shape index (κ2) is 5.33. The maximum Gasteiger partial charge on any atom is 0.230 e. The van der Waals surface area contributed by atoms with E-state index in [9.17, 15) is 4.79 Å². The van der Waals surface area contributed by atoms with E-state index in [2.05, 4.69) is 16.9 Å². The van der Waals surface area contributed by atoms with Crippen LogP contribution in [0.4, 0.5) is 0 Å². The van der Waals surface area contributed by atoms with Gasteiger partial charge >= 0.3 is 0 Å². The number of carbonyl (C=O) groups is 1. The highest BCUT2D eigenvalue weighted by atomic mass is 32.2. The number of fused-ring (bicyclic) bond motifs is 3. The first kappa shape index (κ1) is 13.8. The van der Waals surface area contributed by atoms with Gasteiger partial charge in [0.1, 0.15) is 16.2 Å². The number of aromatic nitrogens is 2. The average molecular weight is 307 g/mol. The highest BCUT2D eigenvalue weighted by molar-refractivity contribution is 8.00. The van der Waals surface area contributed by atoms with Crippen molar-refractivity contribution in [3.63, 3.8) is 0 Å². The fraction of sp³-hybridized carbons (Fsp3) is 0.500. The van der Waals surface area contributed by atoms with Gasteiger partial charge in [0, 0.05) is 10.3 Å². The predicted octanol–water partition coefficient (Wildman–Crippen LogP) is 2.78. The van der Waals surface area contributed by atoms with Crippen molar-refractivity contribution < 1.29 is 4.79 Å². The van der Waals surface area contributed by atoms with Gasteiger partial charge in [0.15, 0.2) is 0 Å². The maximum atomic E-state index is 11.3. The summed E-state index contributed by atoms with van der Waals surface area (Å²) in [6, 6.07) is 0. The SMILES string of the molecule is C[C@H]1CCc2c(sc3ncnc(S[C@H](C)C(N)=O)c23)C1. The van der Waals surface area contributed by atoms with Crippen LogP contribution in [0.3, 0.4) is 0 Å². The topological polar surface area (TPSA) is 68.9 Å². The minimum absolute atomic E-state index is 0.272. The molecule has 1 amide bonds. The van der Waals surface area contributed by atoms with E-state index in [1.54, 1.807) is 17.7 Å². The van der Waals surface area contributed by atoms with Crippen molar-refractivity contribution in [2.24, 2.45) is 11.7 Å². The van der Waals surface area contributed by atoms with Crippen molar-refractivity contribution in [3.8, 4) is 0 Å². The summed E-state index contributed by atoms with van der Waals surface area (Å²) < 4.78 is 0. The van der Waals surface area contributed by atoms with Crippen molar-refractivity contribution >= 4 is 39.2 Å². The molecule has 2 heterocycles. The van der Waals surface area contributed by atoms with Crippen molar-refractivity contribution in [2.45, 2.75) is 43.4 Å². The molecule has 0 aliphatic heterocycles. The molecule has 2 N–H and O–H groups in total. The van der Waals surface area contributed by atoms with Crippen molar-refractivity contribution in [1.82, 2.24) is 9.97 Å². The molecule has 0 spiro atoms. The summed E-state index contributed by atoms with van der Waals surface area (Å²) in [6.07, 6.45) is 5.02. The Kier molecular flexibility index (Phi) is 3.69. The van der Waals surface area contributed by atoms with E-state index >= 15 is 0 Å². The van der Waals surface area contributed by atoms with E-state index in [4.69, 9.17) is 5.73 Å². The summed E-state index contributed by atoms with van der Waals surface area (Å²) in [5, 5.41) is 1.78. The molecule has 2 aromatic heterocycles. The van der Waals surface area contributed by atoms with Crippen LogP contribution in [0.5, 0.6) is 0 Å². The fourth-order valence-corrected chi connectivity index (χ4v) is 4.87. The molecule has 0 saturated carbocycles. The lowest BCUT2D eigenvalue weighted by molar-refractivity contribution is -0.117. The zero-order chi connectivity index (χ0) is 14.3. The average Bonchev–Trinajstić information content (AvgIpc) is 2.76. The normalized spacial score (nSPS) is 19.8. The quantitative estimate of drug-likeness (QED) is 0.699. The molecule has 0 fully saturated rings. The fourth-order valence-electron chi connectivity index (χ4n) is 2.56. The van der Waals surface area contributed by atoms with Gasteiger partial charge in [-0.1, -0.05) is 18.7 Å². The van der Waals surface area contributed by atoms with Gasteiger partial charge < -0.3 is 5.73 Å². The third kappa shape index (κ3) is 2.42. The van der Waals surface area contributed by atoms with Crippen LogP contribution in [0, 0.1) is 5.92 Å². The summed E-state index contributed by atoms with van der Waals surface area (Å²) in [5.41, 5.74) is 6.75. The Hall–Kier alpha value is -1.14.